The van der Waals surface area contributed by atoms with Crippen molar-refractivity contribution in [2.75, 3.05) is 10.8 Å². The van der Waals surface area contributed by atoms with Crippen LogP contribution in [0.25, 0.3) is 0 Å². The number of carbonyl (C=O) groups excluding carboxylic acids is 2. The van der Waals surface area contributed by atoms with Crippen molar-refractivity contribution in [3.63, 3.8) is 0 Å². The molecule has 0 spiro atoms. The maximum absolute atomic E-state index is 14.6. The predicted molar refractivity (Wildman–Crippen MR) is 181 cm³/mol. The molecule has 0 saturated carbocycles. The van der Waals surface area contributed by atoms with Gasteiger partial charge in [-0.05, 0) is 74.2 Å². The lowest BCUT2D eigenvalue weighted by Gasteiger charge is -2.34. The first-order valence-electron chi connectivity index (χ1n) is 15.0. The van der Waals surface area contributed by atoms with E-state index in [1.807, 2.05) is 70.2 Å². The fraction of sp³-hybridized carbons (Fsp3) is 0.278. The maximum Gasteiger partial charge on any atom is 0.264 e. The van der Waals surface area contributed by atoms with Gasteiger partial charge in [-0.3, -0.25) is 13.9 Å². The molecular weight excluding hydrogens is 606 g/mol. The molecule has 7 nitrogen and oxygen atoms in total. The van der Waals surface area contributed by atoms with Crippen LogP contribution in [0.3, 0.4) is 0 Å². The Labute approximate surface area is 271 Å². The Kier molecular flexibility index (Phi) is 11.4. The Morgan fingerprint density at radius 2 is 1.47 bits per heavy atom. The van der Waals surface area contributed by atoms with Crippen molar-refractivity contribution in [2.45, 2.75) is 64.1 Å². The molecule has 1 N–H and O–H groups in total. The van der Waals surface area contributed by atoms with Crippen LogP contribution in [-0.2, 0) is 32.6 Å². The molecule has 0 heterocycles. The van der Waals surface area contributed by atoms with Gasteiger partial charge >= 0.3 is 0 Å². The zero-order valence-electron chi connectivity index (χ0n) is 26.1. The monoisotopic (exact) mass is 645 g/mol. The minimum absolute atomic E-state index is 0.0670. The Morgan fingerprint density at radius 3 is 2.07 bits per heavy atom. The van der Waals surface area contributed by atoms with Gasteiger partial charge in [0.2, 0.25) is 11.8 Å². The van der Waals surface area contributed by atoms with Gasteiger partial charge in [-0.15, -0.1) is 0 Å². The minimum atomic E-state index is -4.16. The van der Waals surface area contributed by atoms with Crippen LogP contribution in [0.15, 0.2) is 108 Å². The standard InChI is InChI=1S/C36H40ClN3O4S/c1-5-28(4)38-36(42)34(23-29-12-8-6-9-13-29)39(24-30-17-19-31(37)20-18-30)35(41)25-40(33-21-16-26(2)22-27(33)3)45(43,44)32-14-10-7-11-15-32/h6-22,28,34H,5,23-25H2,1-4H3,(H,38,42)/t28-,34+/m1/s1. The fourth-order valence-corrected chi connectivity index (χ4v) is 6.73. The van der Waals surface area contributed by atoms with Crippen molar-refractivity contribution in [1.29, 1.82) is 0 Å². The van der Waals surface area contributed by atoms with E-state index in [0.29, 0.717) is 22.7 Å². The Bertz CT molecular complexity index is 1700. The smallest absolute Gasteiger partial charge is 0.264 e. The number of sulfonamides is 1. The number of rotatable bonds is 13. The molecule has 0 aliphatic carbocycles. The number of hydrogen-bond donors (Lipinski definition) is 1. The largest absolute Gasteiger partial charge is 0.352 e. The van der Waals surface area contributed by atoms with Gasteiger partial charge < -0.3 is 10.2 Å². The first kappa shape index (κ1) is 33.7. The molecule has 0 saturated heterocycles. The van der Waals surface area contributed by atoms with Gasteiger partial charge in [0.05, 0.1) is 10.6 Å². The quantitative estimate of drug-likeness (QED) is 0.175. The molecule has 236 valence electrons. The summed E-state index contributed by atoms with van der Waals surface area (Å²) < 4.78 is 29.5. The lowest BCUT2D eigenvalue weighted by atomic mass is 10.0. The van der Waals surface area contributed by atoms with Gasteiger partial charge in [0, 0.05) is 24.0 Å². The van der Waals surface area contributed by atoms with E-state index in [1.165, 1.54) is 17.0 Å². The Morgan fingerprint density at radius 1 is 0.844 bits per heavy atom. The average molecular weight is 646 g/mol. The second-order valence-corrected chi connectivity index (χ2v) is 13.6. The molecule has 0 unspecified atom stereocenters. The van der Waals surface area contributed by atoms with Crippen molar-refractivity contribution in [3.8, 4) is 0 Å². The molecule has 0 bridgehead atoms. The molecule has 4 aromatic carbocycles. The van der Waals surface area contributed by atoms with Gasteiger partial charge in [-0.25, -0.2) is 8.42 Å². The number of amides is 2. The van der Waals surface area contributed by atoms with E-state index >= 15 is 0 Å². The van der Waals surface area contributed by atoms with E-state index in [2.05, 4.69) is 5.32 Å². The van der Waals surface area contributed by atoms with Gasteiger partial charge in [0.15, 0.2) is 0 Å². The lowest BCUT2D eigenvalue weighted by molar-refractivity contribution is -0.140. The molecule has 9 heteroatoms. The molecule has 0 fully saturated rings. The van der Waals surface area contributed by atoms with E-state index in [9.17, 15) is 18.0 Å². The van der Waals surface area contributed by atoms with E-state index < -0.39 is 28.5 Å². The summed E-state index contributed by atoms with van der Waals surface area (Å²) in [4.78, 5) is 30.0. The van der Waals surface area contributed by atoms with Gasteiger partial charge in [-0.1, -0.05) is 96.9 Å². The fourth-order valence-electron chi connectivity index (χ4n) is 5.10. The van der Waals surface area contributed by atoms with Crippen molar-refractivity contribution in [3.05, 3.63) is 130 Å². The zero-order chi connectivity index (χ0) is 32.6. The molecule has 4 rings (SSSR count). The second kappa shape index (κ2) is 15.2. The number of benzene rings is 4. The van der Waals surface area contributed by atoms with Crippen LogP contribution in [0.2, 0.25) is 5.02 Å². The number of hydrogen-bond acceptors (Lipinski definition) is 4. The van der Waals surface area contributed by atoms with Crippen LogP contribution in [0.1, 0.15) is 42.5 Å². The maximum atomic E-state index is 14.6. The van der Waals surface area contributed by atoms with Crippen molar-refractivity contribution >= 4 is 39.1 Å². The zero-order valence-corrected chi connectivity index (χ0v) is 27.7. The number of nitrogens with zero attached hydrogens (tertiary/aromatic N) is 2. The molecule has 0 radical (unpaired) electrons. The first-order chi connectivity index (χ1) is 21.5. The summed E-state index contributed by atoms with van der Waals surface area (Å²) in [5.74, 6) is -0.816. The molecule has 4 aromatic rings. The number of halogens is 1. The number of anilines is 1. The topological polar surface area (TPSA) is 86.8 Å². The minimum Gasteiger partial charge on any atom is -0.352 e. The van der Waals surface area contributed by atoms with Crippen LogP contribution >= 0.6 is 11.6 Å². The van der Waals surface area contributed by atoms with E-state index in [1.54, 1.807) is 48.5 Å². The molecule has 2 amide bonds. The predicted octanol–water partition coefficient (Wildman–Crippen LogP) is 6.71. The third-order valence-electron chi connectivity index (χ3n) is 7.77. The summed E-state index contributed by atoms with van der Waals surface area (Å²) in [6, 6.07) is 29.0. The SMILES string of the molecule is CC[C@@H](C)NC(=O)[C@H](Cc1ccccc1)N(Cc1ccc(Cl)cc1)C(=O)CN(c1ccc(C)cc1C)S(=O)(=O)c1ccccc1. The molecule has 45 heavy (non-hydrogen) atoms. The highest BCUT2D eigenvalue weighted by atomic mass is 35.5. The third kappa shape index (κ3) is 8.74. The van der Waals surface area contributed by atoms with Crippen LogP contribution in [0, 0.1) is 13.8 Å². The van der Waals surface area contributed by atoms with Gasteiger partial charge in [0.25, 0.3) is 10.0 Å². The summed E-state index contributed by atoms with van der Waals surface area (Å²) in [6.45, 7) is 7.21. The molecular formula is C36H40ClN3O4S. The highest BCUT2D eigenvalue weighted by molar-refractivity contribution is 7.92. The molecule has 0 aromatic heterocycles. The van der Waals surface area contributed by atoms with Crippen molar-refractivity contribution < 1.29 is 18.0 Å². The van der Waals surface area contributed by atoms with E-state index in [-0.39, 0.29) is 29.8 Å². The normalized spacial score (nSPS) is 12.6. The highest BCUT2D eigenvalue weighted by Gasteiger charge is 2.35. The van der Waals surface area contributed by atoms with Crippen molar-refractivity contribution in [1.82, 2.24) is 10.2 Å². The molecule has 2 atom stereocenters. The first-order valence-corrected chi connectivity index (χ1v) is 16.8. The molecule has 0 aliphatic rings. The molecule has 0 aliphatic heterocycles. The van der Waals surface area contributed by atoms with Crippen LogP contribution in [0.5, 0.6) is 0 Å². The summed E-state index contributed by atoms with van der Waals surface area (Å²) in [6.07, 6.45) is 0.960. The lowest BCUT2D eigenvalue weighted by Crippen LogP contribution is -2.54. The van der Waals surface area contributed by atoms with E-state index in [0.717, 1.165) is 21.0 Å². The summed E-state index contributed by atoms with van der Waals surface area (Å²) in [7, 11) is -4.16. The Balaban J connectivity index is 1.82. The number of carbonyl (C=O) groups is 2. The number of aryl methyl sites for hydroxylation is 2. The highest BCUT2D eigenvalue weighted by Crippen LogP contribution is 2.28. The van der Waals surface area contributed by atoms with Crippen LogP contribution < -0.4 is 9.62 Å². The summed E-state index contributed by atoms with van der Waals surface area (Å²) in [5.41, 5.74) is 3.70. The summed E-state index contributed by atoms with van der Waals surface area (Å²) in [5, 5.41) is 3.59. The van der Waals surface area contributed by atoms with Crippen LogP contribution in [0.4, 0.5) is 5.69 Å². The van der Waals surface area contributed by atoms with Crippen LogP contribution in [-0.4, -0.2) is 43.8 Å². The van der Waals surface area contributed by atoms with E-state index in [4.69, 9.17) is 11.6 Å². The summed E-state index contributed by atoms with van der Waals surface area (Å²) >= 11 is 6.16. The third-order valence-corrected chi connectivity index (χ3v) is 9.80. The van der Waals surface area contributed by atoms with Gasteiger partial charge in [0.1, 0.15) is 12.6 Å². The number of nitrogens with one attached hydrogen (secondary N) is 1. The Hall–Kier alpha value is -4.14. The second-order valence-electron chi connectivity index (χ2n) is 11.3. The average Bonchev–Trinajstić information content (AvgIpc) is 3.03. The van der Waals surface area contributed by atoms with Crippen molar-refractivity contribution in [2.24, 2.45) is 0 Å². The van der Waals surface area contributed by atoms with Gasteiger partial charge in [-0.2, -0.15) is 0 Å².